The smallest absolute Gasteiger partial charge is 0.264 e. The number of oxazole rings is 1. The average Bonchev–Trinajstić information content (AvgIpc) is 3.30. The van der Waals surface area contributed by atoms with Crippen LogP contribution in [0.2, 0.25) is 0 Å². The monoisotopic (exact) mass is 431 g/mol. The maximum Gasteiger partial charge on any atom is 0.264 e. The van der Waals surface area contributed by atoms with Crippen LogP contribution in [0.4, 0.5) is 0 Å². The van der Waals surface area contributed by atoms with E-state index in [1.807, 2.05) is 53.9 Å². The second kappa shape index (κ2) is 9.21. The first kappa shape index (κ1) is 21.0. The average molecular weight is 432 g/mol. The number of thiophene rings is 1. The molecule has 0 atom stereocenters. The molecule has 0 saturated carbocycles. The number of hydrogen-bond acceptors (Lipinski definition) is 7. The first-order chi connectivity index (χ1) is 13.8. The Hall–Kier alpha value is -2.68. The Labute approximate surface area is 173 Å². The van der Waals surface area contributed by atoms with Gasteiger partial charge in [-0.05, 0) is 42.6 Å². The Morgan fingerprint density at radius 3 is 2.55 bits per heavy atom. The van der Waals surface area contributed by atoms with Crippen LogP contribution >= 0.6 is 11.3 Å². The minimum absolute atomic E-state index is 0.0699. The van der Waals surface area contributed by atoms with Crippen molar-refractivity contribution in [3.8, 4) is 17.2 Å². The molecule has 152 valence electrons. The van der Waals surface area contributed by atoms with Gasteiger partial charge in [0.1, 0.15) is 11.5 Å². The summed E-state index contributed by atoms with van der Waals surface area (Å²) in [5.41, 5.74) is 1.60. The van der Waals surface area contributed by atoms with E-state index in [2.05, 4.69) is 4.98 Å². The van der Waals surface area contributed by atoms with E-state index in [1.165, 1.54) is 0 Å². The standard InChI is InChI=1S/C13H15NO4S.C8H6OS/c1-10-12(8-9-17-19(2,15)16)14-13(18-10)11-6-4-3-5-7-11;9-7-2-1-3-8-6(7)4-5-10-8/h3-7H,8-9H2,1-2H3;1-5,9H. The summed E-state index contributed by atoms with van der Waals surface area (Å²) in [7, 11) is -3.41. The fourth-order valence-corrected chi connectivity index (χ4v) is 3.83. The zero-order chi connectivity index (χ0) is 20.9. The zero-order valence-electron chi connectivity index (χ0n) is 16.0. The second-order valence-electron chi connectivity index (χ2n) is 6.27. The van der Waals surface area contributed by atoms with Crippen molar-refractivity contribution in [2.24, 2.45) is 0 Å². The van der Waals surface area contributed by atoms with Gasteiger partial charge < -0.3 is 9.52 Å². The molecule has 0 amide bonds. The van der Waals surface area contributed by atoms with Crippen LogP contribution in [0.3, 0.4) is 0 Å². The van der Waals surface area contributed by atoms with Gasteiger partial charge in [-0.15, -0.1) is 11.3 Å². The van der Waals surface area contributed by atoms with Gasteiger partial charge in [-0.3, -0.25) is 4.18 Å². The van der Waals surface area contributed by atoms with Gasteiger partial charge in [-0.2, -0.15) is 8.42 Å². The number of phenols is 1. The Balaban J connectivity index is 0.000000200. The Kier molecular flexibility index (Phi) is 6.68. The van der Waals surface area contributed by atoms with E-state index >= 15 is 0 Å². The minimum Gasteiger partial charge on any atom is -0.507 e. The molecule has 0 aliphatic heterocycles. The largest absolute Gasteiger partial charge is 0.507 e. The first-order valence-corrected chi connectivity index (χ1v) is 11.5. The summed E-state index contributed by atoms with van der Waals surface area (Å²) >= 11 is 1.64. The molecule has 0 aliphatic carbocycles. The summed E-state index contributed by atoms with van der Waals surface area (Å²) in [6, 6.07) is 17.0. The van der Waals surface area contributed by atoms with E-state index in [4.69, 9.17) is 8.60 Å². The van der Waals surface area contributed by atoms with Gasteiger partial charge in [-0.25, -0.2) is 4.98 Å². The van der Waals surface area contributed by atoms with Gasteiger partial charge in [-0.1, -0.05) is 24.3 Å². The van der Waals surface area contributed by atoms with Crippen LogP contribution in [0, 0.1) is 6.92 Å². The van der Waals surface area contributed by atoms with Crippen molar-refractivity contribution in [1.29, 1.82) is 0 Å². The summed E-state index contributed by atoms with van der Waals surface area (Å²) in [5, 5.41) is 12.2. The number of benzene rings is 2. The molecular formula is C21H21NO5S2. The molecule has 0 radical (unpaired) electrons. The van der Waals surface area contributed by atoms with Crippen LogP contribution in [0.25, 0.3) is 21.5 Å². The molecule has 29 heavy (non-hydrogen) atoms. The summed E-state index contributed by atoms with van der Waals surface area (Å²) in [6.07, 6.45) is 1.42. The van der Waals surface area contributed by atoms with Crippen LogP contribution in [0.1, 0.15) is 11.5 Å². The van der Waals surface area contributed by atoms with Crippen LogP contribution in [0.15, 0.2) is 64.4 Å². The third-order valence-electron chi connectivity index (χ3n) is 4.02. The quantitative estimate of drug-likeness (QED) is 0.458. The van der Waals surface area contributed by atoms with Crippen molar-refractivity contribution in [2.75, 3.05) is 12.9 Å². The number of aryl methyl sites for hydroxylation is 1. The van der Waals surface area contributed by atoms with Crippen molar-refractivity contribution >= 4 is 31.5 Å². The van der Waals surface area contributed by atoms with Crippen molar-refractivity contribution in [3.05, 3.63) is 71.4 Å². The van der Waals surface area contributed by atoms with E-state index in [-0.39, 0.29) is 6.61 Å². The van der Waals surface area contributed by atoms with E-state index < -0.39 is 10.1 Å². The number of fused-ring (bicyclic) bond motifs is 1. The molecule has 2 aromatic heterocycles. The maximum atomic E-state index is 10.9. The van der Waals surface area contributed by atoms with E-state index in [0.717, 1.165) is 21.9 Å². The lowest BCUT2D eigenvalue weighted by Gasteiger charge is -1.98. The highest BCUT2D eigenvalue weighted by Gasteiger charge is 2.12. The molecule has 0 spiro atoms. The molecular weight excluding hydrogens is 410 g/mol. The highest BCUT2D eigenvalue weighted by atomic mass is 32.2. The number of phenolic OH excluding ortho intramolecular Hbond substituents is 1. The van der Waals surface area contributed by atoms with Gasteiger partial charge in [0, 0.05) is 22.1 Å². The molecule has 4 rings (SSSR count). The number of hydrogen-bond donors (Lipinski definition) is 1. The summed E-state index contributed by atoms with van der Waals surface area (Å²) < 4.78 is 33.1. The Bertz CT molecular complexity index is 1180. The van der Waals surface area contributed by atoms with E-state index in [9.17, 15) is 13.5 Å². The number of aromatic hydroxyl groups is 1. The number of nitrogens with zero attached hydrogens (tertiary/aromatic N) is 1. The summed E-state index contributed by atoms with van der Waals surface area (Å²) in [4.78, 5) is 4.36. The van der Waals surface area contributed by atoms with Gasteiger partial charge in [0.25, 0.3) is 10.1 Å². The van der Waals surface area contributed by atoms with Crippen LogP contribution in [0.5, 0.6) is 5.75 Å². The van der Waals surface area contributed by atoms with Crippen LogP contribution < -0.4 is 0 Å². The lowest BCUT2D eigenvalue weighted by Crippen LogP contribution is -2.06. The lowest BCUT2D eigenvalue weighted by atomic mass is 10.2. The normalized spacial score (nSPS) is 11.2. The zero-order valence-corrected chi connectivity index (χ0v) is 17.7. The molecule has 0 bridgehead atoms. The van der Waals surface area contributed by atoms with Crippen molar-refractivity contribution in [1.82, 2.24) is 4.98 Å². The Morgan fingerprint density at radius 1 is 1.10 bits per heavy atom. The molecule has 0 saturated heterocycles. The molecule has 0 fully saturated rings. The predicted octanol–water partition coefficient (Wildman–Crippen LogP) is 4.78. The number of aromatic nitrogens is 1. The molecule has 8 heteroatoms. The van der Waals surface area contributed by atoms with Crippen LogP contribution in [-0.2, 0) is 20.7 Å². The van der Waals surface area contributed by atoms with Crippen molar-refractivity contribution < 1.29 is 22.1 Å². The highest BCUT2D eigenvalue weighted by Crippen LogP contribution is 2.28. The third-order valence-corrected chi connectivity index (χ3v) is 5.50. The molecule has 2 heterocycles. The topological polar surface area (TPSA) is 89.6 Å². The molecule has 0 unspecified atom stereocenters. The van der Waals surface area contributed by atoms with Gasteiger partial charge in [0.2, 0.25) is 5.89 Å². The van der Waals surface area contributed by atoms with Crippen LogP contribution in [-0.4, -0.2) is 31.4 Å². The fraction of sp³-hybridized carbons (Fsp3) is 0.190. The molecule has 0 aliphatic rings. The SMILES string of the molecule is Cc1oc(-c2ccccc2)nc1CCOS(C)(=O)=O.Oc1cccc2sccc12. The number of rotatable bonds is 5. The maximum absolute atomic E-state index is 10.9. The predicted molar refractivity (Wildman–Crippen MR) is 115 cm³/mol. The first-order valence-electron chi connectivity index (χ1n) is 8.85. The van der Waals surface area contributed by atoms with Crippen molar-refractivity contribution in [2.45, 2.75) is 13.3 Å². The van der Waals surface area contributed by atoms with Gasteiger partial charge in [0.05, 0.1) is 18.6 Å². The summed E-state index contributed by atoms with van der Waals surface area (Å²) in [6.45, 7) is 1.87. The lowest BCUT2D eigenvalue weighted by molar-refractivity contribution is 0.324. The molecule has 2 aromatic carbocycles. The fourth-order valence-electron chi connectivity index (χ4n) is 2.63. The molecule has 6 nitrogen and oxygen atoms in total. The van der Waals surface area contributed by atoms with E-state index in [1.54, 1.807) is 24.3 Å². The second-order valence-corrected chi connectivity index (χ2v) is 8.87. The van der Waals surface area contributed by atoms with Gasteiger partial charge in [0.15, 0.2) is 0 Å². The molecule has 1 N–H and O–H groups in total. The van der Waals surface area contributed by atoms with Crippen molar-refractivity contribution in [3.63, 3.8) is 0 Å². The highest BCUT2D eigenvalue weighted by molar-refractivity contribution is 7.85. The summed E-state index contributed by atoms with van der Waals surface area (Å²) in [5.74, 6) is 1.59. The third kappa shape index (κ3) is 5.90. The van der Waals surface area contributed by atoms with E-state index in [0.29, 0.717) is 29.5 Å². The minimum atomic E-state index is -3.41. The molecule has 4 aromatic rings. The van der Waals surface area contributed by atoms with Gasteiger partial charge >= 0.3 is 0 Å². The Morgan fingerprint density at radius 2 is 1.86 bits per heavy atom.